The number of hydrogen-bond donors (Lipinski definition) is 0. The Morgan fingerprint density at radius 3 is 2.67 bits per heavy atom. The second kappa shape index (κ2) is 3.60. The van der Waals surface area contributed by atoms with Crippen molar-refractivity contribution in [3.63, 3.8) is 0 Å². The molecule has 0 saturated heterocycles. The van der Waals surface area contributed by atoms with Crippen LogP contribution in [0.1, 0.15) is 5.56 Å². The molecule has 0 saturated carbocycles. The molecule has 0 fully saturated rings. The molecule has 3 heterocycles. The van der Waals surface area contributed by atoms with Gasteiger partial charge in [-0.1, -0.05) is 24.3 Å². The number of para-hydroxylation sites is 1. The standard InChI is InChI=1S/C15H13N3/c1-2-6-13-12(5-1)11-15-17(13)9-10-18(15)14-7-3-4-8-16-14/h1-10,15H,11H2. The Morgan fingerprint density at radius 1 is 0.944 bits per heavy atom. The van der Waals surface area contributed by atoms with Gasteiger partial charge in [0.2, 0.25) is 0 Å². The van der Waals surface area contributed by atoms with Gasteiger partial charge in [0.15, 0.2) is 0 Å². The van der Waals surface area contributed by atoms with Crippen LogP contribution < -0.4 is 9.80 Å². The van der Waals surface area contributed by atoms with Crippen LogP contribution >= 0.6 is 0 Å². The van der Waals surface area contributed by atoms with Gasteiger partial charge < -0.3 is 9.80 Å². The van der Waals surface area contributed by atoms with Gasteiger partial charge in [-0.15, -0.1) is 0 Å². The summed E-state index contributed by atoms with van der Waals surface area (Å²) >= 11 is 0. The molecular weight excluding hydrogens is 222 g/mol. The van der Waals surface area contributed by atoms with Crippen LogP contribution in [0.5, 0.6) is 0 Å². The van der Waals surface area contributed by atoms with Crippen molar-refractivity contribution in [2.45, 2.75) is 12.6 Å². The fourth-order valence-electron chi connectivity index (χ4n) is 2.78. The van der Waals surface area contributed by atoms with Crippen LogP contribution in [0.4, 0.5) is 11.5 Å². The van der Waals surface area contributed by atoms with Gasteiger partial charge in [0.25, 0.3) is 0 Å². The molecule has 0 amide bonds. The average molecular weight is 235 g/mol. The van der Waals surface area contributed by atoms with Crippen molar-refractivity contribution in [3.05, 3.63) is 66.6 Å². The minimum Gasteiger partial charge on any atom is -0.325 e. The number of fused-ring (bicyclic) bond motifs is 3. The van der Waals surface area contributed by atoms with Gasteiger partial charge in [0, 0.05) is 30.7 Å². The first-order chi connectivity index (χ1) is 8.93. The van der Waals surface area contributed by atoms with E-state index in [1.54, 1.807) is 0 Å². The molecule has 2 aliphatic heterocycles. The van der Waals surface area contributed by atoms with E-state index in [2.05, 4.69) is 57.5 Å². The highest BCUT2D eigenvalue weighted by Gasteiger charge is 2.35. The Balaban J connectivity index is 1.73. The number of aromatic nitrogens is 1. The molecule has 4 rings (SSSR count). The highest BCUT2D eigenvalue weighted by Crippen LogP contribution is 2.38. The molecule has 3 heteroatoms. The Bertz CT molecular complexity index is 606. The van der Waals surface area contributed by atoms with Crippen LogP contribution in [0.3, 0.4) is 0 Å². The molecule has 1 unspecified atom stereocenters. The van der Waals surface area contributed by atoms with Gasteiger partial charge in [0.1, 0.15) is 12.0 Å². The lowest BCUT2D eigenvalue weighted by atomic mass is 10.1. The first kappa shape index (κ1) is 9.71. The van der Waals surface area contributed by atoms with E-state index in [4.69, 9.17) is 0 Å². The fraction of sp³-hybridized carbons (Fsp3) is 0.133. The highest BCUT2D eigenvalue weighted by atomic mass is 15.4. The molecule has 1 aromatic heterocycles. The first-order valence-corrected chi connectivity index (χ1v) is 6.17. The van der Waals surface area contributed by atoms with Gasteiger partial charge >= 0.3 is 0 Å². The summed E-state index contributed by atoms with van der Waals surface area (Å²) in [5.74, 6) is 1.01. The van der Waals surface area contributed by atoms with Crippen LogP contribution in [-0.4, -0.2) is 11.1 Å². The molecule has 0 N–H and O–H groups in total. The maximum atomic E-state index is 4.43. The summed E-state index contributed by atoms with van der Waals surface area (Å²) in [5, 5.41) is 0. The smallest absolute Gasteiger partial charge is 0.134 e. The van der Waals surface area contributed by atoms with Gasteiger partial charge in [-0.05, 0) is 23.8 Å². The quantitative estimate of drug-likeness (QED) is 0.757. The molecule has 0 radical (unpaired) electrons. The van der Waals surface area contributed by atoms with E-state index in [1.165, 1.54) is 11.3 Å². The predicted molar refractivity (Wildman–Crippen MR) is 72.3 cm³/mol. The lowest BCUT2D eigenvalue weighted by molar-refractivity contribution is 0.712. The molecule has 2 aliphatic rings. The van der Waals surface area contributed by atoms with Crippen molar-refractivity contribution in [2.75, 3.05) is 9.80 Å². The molecule has 18 heavy (non-hydrogen) atoms. The minimum atomic E-state index is 0.345. The summed E-state index contributed by atoms with van der Waals surface area (Å²) in [6.07, 6.45) is 7.49. The van der Waals surface area contributed by atoms with E-state index in [0.29, 0.717) is 6.17 Å². The lowest BCUT2D eigenvalue weighted by Gasteiger charge is -2.26. The molecule has 0 bridgehead atoms. The number of pyridine rings is 1. The van der Waals surface area contributed by atoms with Crippen molar-refractivity contribution in [1.82, 2.24) is 4.98 Å². The summed E-state index contributed by atoms with van der Waals surface area (Å²) in [7, 11) is 0. The van der Waals surface area contributed by atoms with Crippen LogP contribution in [-0.2, 0) is 6.42 Å². The van der Waals surface area contributed by atoms with Crippen molar-refractivity contribution in [2.24, 2.45) is 0 Å². The molecule has 0 aliphatic carbocycles. The Kier molecular flexibility index (Phi) is 1.94. The van der Waals surface area contributed by atoms with E-state index in [1.807, 2.05) is 18.3 Å². The predicted octanol–water partition coefficient (Wildman–Crippen LogP) is 2.76. The molecule has 88 valence electrons. The van der Waals surface area contributed by atoms with Gasteiger partial charge in [-0.2, -0.15) is 0 Å². The zero-order valence-electron chi connectivity index (χ0n) is 9.90. The number of rotatable bonds is 1. The lowest BCUT2D eigenvalue weighted by Crippen LogP contribution is -2.36. The first-order valence-electron chi connectivity index (χ1n) is 6.17. The Labute approximate surface area is 106 Å². The zero-order valence-corrected chi connectivity index (χ0v) is 9.90. The minimum absolute atomic E-state index is 0.345. The Morgan fingerprint density at radius 2 is 1.78 bits per heavy atom. The maximum absolute atomic E-state index is 4.43. The number of hydrogen-bond acceptors (Lipinski definition) is 3. The van der Waals surface area contributed by atoms with Gasteiger partial charge in [-0.25, -0.2) is 4.98 Å². The highest BCUT2D eigenvalue weighted by molar-refractivity contribution is 5.67. The normalized spacial score (nSPS) is 20.1. The summed E-state index contributed by atoms with van der Waals surface area (Å²) in [4.78, 5) is 8.99. The largest absolute Gasteiger partial charge is 0.325 e. The SMILES string of the molecule is C1=CN2c3ccccc3CC2N1c1ccccn1. The molecule has 1 atom stereocenters. The average Bonchev–Trinajstić information content (AvgIpc) is 2.98. The van der Waals surface area contributed by atoms with Crippen LogP contribution in [0, 0.1) is 0 Å². The van der Waals surface area contributed by atoms with E-state index in [9.17, 15) is 0 Å². The van der Waals surface area contributed by atoms with Crippen LogP contribution in [0.25, 0.3) is 0 Å². The third-order valence-corrected chi connectivity index (χ3v) is 3.62. The van der Waals surface area contributed by atoms with E-state index < -0.39 is 0 Å². The van der Waals surface area contributed by atoms with Crippen LogP contribution in [0.2, 0.25) is 0 Å². The third-order valence-electron chi connectivity index (χ3n) is 3.62. The second-order valence-electron chi connectivity index (χ2n) is 4.61. The van der Waals surface area contributed by atoms with E-state index in [-0.39, 0.29) is 0 Å². The molecule has 3 nitrogen and oxygen atoms in total. The number of anilines is 2. The van der Waals surface area contributed by atoms with Crippen molar-refractivity contribution in [3.8, 4) is 0 Å². The monoisotopic (exact) mass is 235 g/mol. The van der Waals surface area contributed by atoms with Crippen molar-refractivity contribution in [1.29, 1.82) is 0 Å². The van der Waals surface area contributed by atoms with Crippen LogP contribution in [0.15, 0.2) is 61.1 Å². The number of nitrogens with zero attached hydrogens (tertiary/aromatic N) is 3. The maximum Gasteiger partial charge on any atom is 0.134 e. The van der Waals surface area contributed by atoms with E-state index >= 15 is 0 Å². The Hall–Kier alpha value is -2.29. The topological polar surface area (TPSA) is 19.4 Å². The summed E-state index contributed by atoms with van der Waals surface area (Å²) < 4.78 is 0. The summed E-state index contributed by atoms with van der Waals surface area (Å²) in [6, 6.07) is 14.6. The summed E-state index contributed by atoms with van der Waals surface area (Å²) in [6.45, 7) is 0. The number of benzene rings is 1. The van der Waals surface area contributed by atoms with Gasteiger partial charge in [-0.3, -0.25) is 0 Å². The molecule has 0 spiro atoms. The van der Waals surface area contributed by atoms with Crippen molar-refractivity contribution >= 4 is 11.5 Å². The van der Waals surface area contributed by atoms with E-state index in [0.717, 1.165) is 12.2 Å². The summed E-state index contributed by atoms with van der Waals surface area (Å²) in [5.41, 5.74) is 2.73. The molecular formula is C15H13N3. The fourth-order valence-corrected chi connectivity index (χ4v) is 2.78. The van der Waals surface area contributed by atoms with Crippen molar-refractivity contribution < 1.29 is 0 Å². The molecule has 2 aromatic rings. The second-order valence-corrected chi connectivity index (χ2v) is 4.61. The molecule has 1 aromatic carbocycles. The third kappa shape index (κ3) is 1.27. The zero-order chi connectivity index (χ0) is 11.9. The van der Waals surface area contributed by atoms with Gasteiger partial charge in [0.05, 0.1) is 0 Å².